The molecule has 2 N–H and O–H groups in total. The summed E-state index contributed by atoms with van der Waals surface area (Å²) >= 11 is 0. The first-order chi connectivity index (χ1) is 9.15. The van der Waals surface area contributed by atoms with Crippen molar-refractivity contribution in [1.29, 1.82) is 0 Å². The van der Waals surface area contributed by atoms with E-state index in [4.69, 9.17) is 10.2 Å². The van der Waals surface area contributed by atoms with Crippen LogP contribution in [0, 0.1) is 11.6 Å². The number of hydrogen-bond donors (Lipinski definition) is 1. The van der Waals surface area contributed by atoms with Crippen molar-refractivity contribution in [2.45, 2.75) is 6.04 Å². The molecule has 0 bridgehead atoms. The Kier molecular flexibility index (Phi) is 2.80. The molecule has 1 unspecified atom stereocenters. The molecule has 3 aromatic rings. The van der Waals surface area contributed by atoms with Gasteiger partial charge < -0.3 is 10.2 Å². The van der Waals surface area contributed by atoms with Gasteiger partial charge in [0.2, 0.25) is 0 Å². The summed E-state index contributed by atoms with van der Waals surface area (Å²) in [6.45, 7) is 0. The Bertz CT molecular complexity index is 736. The third kappa shape index (κ3) is 2.11. The van der Waals surface area contributed by atoms with Gasteiger partial charge in [0, 0.05) is 10.9 Å². The molecule has 0 aliphatic heterocycles. The molecule has 1 aromatic heterocycles. The van der Waals surface area contributed by atoms with Crippen LogP contribution in [0.2, 0.25) is 0 Å². The first kappa shape index (κ1) is 11.9. The van der Waals surface area contributed by atoms with Gasteiger partial charge in [-0.05, 0) is 30.3 Å². The molecule has 0 radical (unpaired) electrons. The lowest BCUT2D eigenvalue weighted by atomic mass is 10.0. The van der Waals surface area contributed by atoms with Gasteiger partial charge in [-0.1, -0.05) is 18.2 Å². The molecule has 4 heteroatoms. The third-order valence-electron chi connectivity index (χ3n) is 3.04. The molecular weight excluding hydrogens is 248 g/mol. The Morgan fingerprint density at radius 2 is 1.79 bits per heavy atom. The van der Waals surface area contributed by atoms with Gasteiger partial charge in [-0.25, -0.2) is 8.78 Å². The number of furan rings is 1. The van der Waals surface area contributed by atoms with Crippen LogP contribution < -0.4 is 5.73 Å². The van der Waals surface area contributed by atoms with E-state index >= 15 is 0 Å². The maximum atomic E-state index is 13.7. The minimum atomic E-state index is -0.711. The van der Waals surface area contributed by atoms with Crippen LogP contribution in [0.3, 0.4) is 0 Å². The van der Waals surface area contributed by atoms with Gasteiger partial charge in [-0.3, -0.25) is 0 Å². The zero-order chi connectivity index (χ0) is 13.4. The van der Waals surface area contributed by atoms with Gasteiger partial charge >= 0.3 is 0 Å². The van der Waals surface area contributed by atoms with Crippen molar-refractivity contribution in [3.8, 4) is 0 Å². The summed E-state index contributed by atoms with van der Waals surface area (Å²) in [5, 5.41) is 0.613. The van der Waals surface area contributed by atoms with Crippen molar-refractivity contribution >= 4 is 11.0 Å². The minimum absolute atomic E-state index is 0.348. The van der Waals surface area contributed by atoms with E-state index in [0.717, 1.165) is 0 Å². The lowest BCUT2D eigenvalue weighted by molar-refractivity contribution is 0.510. The van der Waals surface area contributed by atoms with E-state index in [1.807, 2.05) is 0 Å². The van der Waals surface area contributed by atoms with E-state index in [1.165, 1.54) is 24.3 Å². The highest BCUT2D eigenvalue weighted by atomic mass is 19.1. The van der Waals surface area contributed by atoms with Gasteiger partial charge in [0.15, 0.2) is 0 Å². The monoisotopic (exact) mass is 259 g/mol. The number of nitrogens with two attached hydrogens (primary N) is 1. The van der Waals surface area contributed by atoms with Crippen LogP contribution in [-0.2, 0) is 0 Å². The van der Waals surface area contributed by atoms with Crippen LogP contribution in [0.15, 0.2) is 52.9 Å². The van der Waals surface area contributed by atoms with Crippen LogP contribution in [0.4, 0.5) is 8.78 Å². The summed E-state index contributed by atoms with van der Waals surface area (Å²) < 4.78 is 32.3. The summed E-state index contributed by atoms with van der Waals surface area (Å²) in [6, 6.07) is 11.4. The van der Waals surface area contributed by atoms with Crippen LogP contribution >= 0.6 is 0 Å². The number of benzene rings is 2. The fraction of sp³-hybridized carbons (Fsp3) is 0.0667. The predicted octanol–water partition coefficient (Wildman–Crippen LogP) is 3.76. The highest BCUT2D eigenvalue weighted by Crippen LogP contribution is 2.28. The molecule has 3 rings (SSSR count). The van der Waals surface area contributed by atoms with Crippen LogP contribution in [0.1, 0.15) is 17.4 Å². The molecule has 0 saturated heterocycles. The second-order valence-electron chi connectivity index (χ2n) is 4.33. The van der Waals surface area contributed by atoms with Gasteiger partial charge in [-0.2, -0.15) is 0 Å². The molecule has 0 saturated carbocycles. The summed E-state index contributed by atoms with van der Waals surface area (Å²) in [5.41, 5.74) is 6.87. The second-order valence-corrected chi connectivity index (χ2v) is 4.33. The number of fused-ring (bicyclic) bond motifs is 1. The molecule has 0 aliphatic rings. The lowest BCUT2D eigenvalue weighted by Gasteiger charge is -2.09. The number of halogens is 2. The van der Waals surface area contributed by atoms with E-state index < -0.39 is 6.04 Å². The Morgan fingerprint density at radius 1 is 1.00 bits per heavy atom. The van der Waals surface area contributed by atoms with Crippen molar-refractivity contribution in [3.05, 3.63) is 71.5 Å². The fourth-order valence-corrected chi connectivity index (χ4v) is 2.07. The fourth-order valence-electron chi connectivity index (χ4n) is 2.07. The molecule has 0 fully saturated rings. The molecule has 0 spiro atoms. The Morgan fingerprint density at radius 3 is 2.58 bits per heavy atom. The molecule has 2 nitrogen and oxygen atoms in total. The predicted molar refractivity (Wildman–Crippen MR) is 68.6 cm³/mol. The molecule has 1 heterocycles. The summed E-state index contributed by atoms with van der Waals surface area (Å²) in [5.74, 6) is -0.327. The average Bonchev–Trinajstić information content (AvgIpc) is 2.81. The van der Waals surface area contributed by atoms with Crippen LogP contribution in [-0.4, -0.2) is 0 Å². The molecule has 0 aliphatic carbocycles. The second kappa shape index (κ2) is 4.48. The van der Waals surface area contributed by atoms with Crippen LogP contribution in [0.5, 0.6) is 0 Å². The summed E-state index contributed by atoms with van der Waals surface area (Å²) in [4.78, 5) is 0. The largest absolute Gasteiger partial charge is 0.459 e. The Balaban J connectivity index is 2.07. The van der Waals surface area contributed by atoms with Gasteiger partial charge in [0.05, 0.1) is 6.04 Å². The SMILES string of the molecule is NC(c1cc2cc(F)ccc2o1)c1ccccc1F. The molecule has 1 atom stereocenters. The molecule has 19 heavy (non-hydrogen) atoms. The van der Waals surface area contributed by atoms with E-state index in [9.17, 15) is 8.78 Å². The van der Waals surface area contributed by atoms with E-state index in [1.54, 1.807) is 24.3 Å². The molecular formula is C15H11F2NO. The zero-order valence-electron chi connectivity index (χ0n) is 9.94. The van der Waals surface area contributed by atoms with Crippen molar-refractivity contribution in [3.63, 3.8) is 0 Å². The minimum Gasteiger partial charge on any atom is -0.459 e. The van der Waals surface area contributed by atoms with Gasteiger partial charge in [0.25, 0.3) is 0 Å². The van der Waals surface area contributed by atoms with Crippen molar-refractivity contribution < 1.29 is 13.2 Å². The lowest BCUT2D eigenvalue weighted by Crippen LogP contribution is -2.12. The van der Waals surface area contributed by atoms with Gasteiger partial charge in [0.1, 0.15) is 23.0 Å². The first-order valence-electron chi connectivity index (χ1n) is 5.84. The molecule has 2 aromatic carbocycles. The number of rotatable bonds is 2. The highest BCUT2D eigenvalue weighted by Gasteiger charge is 2.17. The smallest absolute Gasteiger partial charge is 0.134 e. The van der Waals surface area contributed by atoms with E-state index in [2.05, 4.69) is 0 Å². The molecule has 96 valence electrons. The maximum Gasteiger partial charge on any atom is 0.134 e. The van der Waals surface area contributed by atoms with Crippen molar-refractivity contribution in [2.75, 3.05) is 0 Å². The van der Waals surface area contributed by atoms with Crippen molar-refractivity contribution in [2.24, 2.45) is 5.73 Å². The first-order valence-corrected chi connectivity index (χ1v) is 5.84. The van der Waals surface area contributed by atoms with Crippen molar-refractivity contribution in [1.82, 2.24) is 0 Å². The molecule has 0 amide bonds. The zero-order valence-corrected chi connectivity index (χ0v) is 9.94. The normalized spacial score (nSPS) is 12.8. The standard InChI is InChI=1S/C15H11F2NO/c16-10-5-6-13-9(7-10)8-14(19-13)15(18)11-3-1-2-4-12(11)17/h1-8,15H,18H2. The Labute approximate surface area is 108 Å². The summed E-state index contributed by atoms with van der Waals surface area (Å²) in [7, 11) is 0. The highest BCUT2D eigenvalue weighted by molar-refractivity contribution is 5.78. The van der Waals surface area contributed by atoms with Gasteiger partial charge in [-0.15, -0.1) is 0 Å². The average molecular weight is 259 g/mol. The summed E-state index contributed by atoms with van der Waals surface area (Å²) in [6.07, 6.45) is 0. The maximum absolute atomic E-state index is 13.7. The topological polar surface area (TPSA) is 39.2 Å². The van der Waals surface area contributed by atoms with E-state index in [-0.39, 0.29) is 11.6 Å². The third-order valence-corrected chi connectivity index (χ3v) is 3.04. The van der Waals surface area contributed by atoms with E-state index in [0.29, 0.717) is 22.3 Å². The number of hydrogen-bond acceptors (Lipinski definition) is 2. The van der Waals surface area contributed by atoms with Crippen LogP contribution in [0.25, 0.3) is 11.0 Å². The Hall–Kier alpha value is -2.20. The quantitative estimate of drug-likeness (QED) is 0.761.